The minimum Gasteiger partial charge on any atom is -0.372 e. The molecule has 0 heterocycles. The molecule has 1 rings (SSSR count). The summed E-state index contributed by atoms with van der Waals surface area (Å²) in [6.07, 6.45) is 12.3. The topological polar surface area (TPSA) is 0 Å². The van der Waals surface area contributed by atoms with E-state index < -0.39 is 0 Å². The molecule has 0 nitrogen and oxygen atoms in total. The van der Waals surface area contributed by atoms with Crippen molar-refractivity contribution in [1.82, 2.24) is 0 Å². The number of rotatable bonds is 0. The van der Waals surface area contributed by atoms with Crippen LogP contribution in [0.4, 0.5) is 0 Å². The summed E-state index contributed by atoms with van der Waals surface area (Å²) in [5, 5.41) is 0. The van der Waals surface area contributed by atoms with E-state index in [1.807, 2.05) is 0 Å². The maximum Gasteiger partial charge on any atom is 1.00 e. The second kappa shape index (κ2) is 8.07. The summed E-state index contributed by atoms with van der Waals surface area (Å²) in [6.45, 7) is 13.4. The summed E-state index contributed by atoms with van der Waals surface area (Å²) in [6, 6.07) is 0. The van der Waals surface area contributed by atoms with Crippen molar-refractivity contribution >= 4 is 0 Å². The van der Waals surface area contributed by atoms with E-state index in [-0.39, 0.29) is 48.6 Å². The van der Waals surface area contributed by atoms with Crippen molar-refractivity contribution in [2.24, 2.45) is 10.8 Å². The largest absolute Gasteiger partial charge is 1.00 e. The fourth-order valence-electron chi connectivity index (χ4n) is 2.09. The van der Waals surface area contributed by atoms with Crippen molar-refractivity contribution in [2.45, 2.75) is 67.2 Å². The van der Waals surface area contributed by atoms with Crippen molar-refractivity contribution in [3.05, 3.63) is 23.3 Å². The van der Waals surface area contributed by atoms with Gasteiger partial charge in [0.2, 0.25) is 0 Å². The van der Waals surface area contributed by atoms with Crippen molar-refractivity contribution < 1.29 is 37.7 Å². The third-order valence-electron chi connectivity index (χ3n) is 2.52. The molecule has 1 fully saturated rings. The van der Waals surface area contributed by atoms with Crippen LogP contribution in [-0.2, 0) is 0 Å². The zero-order chi connectivity index (χ0) is 12.4. The van der Waals surface area contributed by atoms with Crippen molar-refractivity contribution in [3.8, 4) is 0 Å². The molecule has 0 atom stereocenters. The molecule has 0 unspecified atom stereocenters. The van der Waals surface area contributed by atoms with Gasteiger partial charge < -0.3 is 23.3 Å². The normalized spacial score (nSPS) is 21.4. The molecule has 0 aliphatic heterocycles. The van der Waals surface area contributed by atoms with Gasteiger partial charge in [0, 0.05) is 0 Å². The Hall–Kier alpha value is 0.675. The maximum absolute atomic E-state index is 3.65. The fourth-order valence-corrected chi connectivity index (χ4v) is 2.09. The van der Waals surface area contributed by atoms with Crippen LogP contribution in [0.2, 0.25) is 0 Å². The van der Waals surface area contributed by atoms with E-state index in [0.29, 0.717) is 0 Å². The maximum atomic E-state index is 3.65. The summed E-state index contributed by atoms with van der Waals surface area (Å²) in [4.78, 5) is 0. The van der Waals surface area contributed by atoms with Crippen LogP contribution in [0.3, 0.4) is 0 Å². The molecule has 92 valence electrons. The van der Waals surface area contributed by atoms with Gasteiger partial charge in [-0.2, -0.15) is 0 Å². The molecule has 2 heteroatoms. The van der Waals surface area contributed by atoms with Crippen LogP contribution >= 0.6 is 0 Å². The van der Waals surface area contributed by atoms with Gasteiger partial charge in [-0.3, -0.25) is 0 Å². The zero-order valence-electron chi connectivity index (χ0n) is 13.8. The number of hydrogen-bond acceptors (Lipinski definition) is 0. The predicted molar refractivity (Wildman–Crippen MR) is 70.9 cm³/mol. The second-order valence-electron chi connectivity index (χ2n) is 6.91. The second-order valence-corrected chi connectivity index (χ2v) is 6.91. The first-order valence-corrected chi connectivity index (χ1v) is 6.46. The summed E-state index contributed by atoms with van der Waals surface area (Å²) < 4.78 is 0. The predicted octanol–water partition coefficient (Wildman–Crippen LogP) is -0.880. The molecule has 0 aromatic carbocycles. The average molecular weight is 232 g/mol. The Labute approximate surface area is 138 Å². The van der Waals surface area contributed by atoms with Crippen LogP contribution in [-0.4, -0.2) is 0 Å². The number of hydrogen-bond donors (Lipinski definition) is 0. The van der Waals surface area contributed by atoms with Gasteiger partial charge in [-0.15, -0.1) is 23.7 Å². The Morgan fingerprint density at radius 1 is 0.667 bits per heavy atom. The van der Waals surface area contributed by atoms with Gasteiger partial charge in [-0.1, -0.05) is 54.4 Å². The molecule has 0 bridgehead atoms. The Balaban J connectivity index is 0. The van der Waals surface area contributed by atoms with Crippen LogP contribution < -0.4 is 37.7 Å². The third kappa shape index (κ3) is 8.72. The van der Waals surface area contributed by atoms with Gasteiger partial charge in [0.1, 0.15) is 0 Å². The van der Waals surface area contributed by atoms with E-state index in [1.54, 1.807) is 0 Å². The van der Waals surface area contributed by atoms with Gasteiger partial charge in [0.15, 0.2) is 0 Å². The van der Waals surface area contributed by atoms with Gasteiger partial charge in [-0.05, 0) is 0 Å². The Bertz CT molecular complexity index is 266. The molecule has 1 aliphatic carbocycles. The Morgan fingerprint density at radius 2 is 0.944 bits per heavy atom. The van der Waals surface area contributed by atoms with E-state index in [9.17, 15) is 0 Å². The van der Waals surface area contributed by atoms with Crippen LogP contribution in [0.5, 0.6) is 0 Å². The van der Waals surface area contributed by atoms with E-state index in [2.05, 4.69) is 53.7 Å². The van der Waals surface area contributed by atoms with Crippen molar-refractivity contribution in [2.75, 3.05) is 0 Å². The van der Waals surface area contributed by atoms with Crippen molar-refractivity contribution in [3.63, 3.8) is 0 Å². The van der Waals surface area contributed by atoms with Crippen LogP contribution in [0, 0.1) is 23.0 Å². The van der Waals surface area contributed by atoms with E-state index in [1.165, 1.54) is 36.8 Å². The molecule has 0 spiro atoms. The van der Waals surface area contributed by atoms with Gasteiger partial charge >= 0.3 is 37.7 Å². The van der Waals surface area contributed by atoms with Crippen LogP contribution in [0.15, 0.2) is 11.1 Å². The minimum atomic E-state index is 0. The summed E-state index contributed by atoms with van der Waals surface area (Å²) >= 11 is 0. The standard InChI is InChI=1S/C16H26.2Li/c1-15(2,3)11-13-9-7-8-10-14(13)12-16(4,5)6;;/h7-10H2,1-6H3;;/q-2;2*+1. The van der Waals surface area contributed by atoms with Crippen molar-refractivity contribution in [1.29, 1.82) is 0 Å². The molecular formula is C16H26Li2. The smallest absolute Gasteiger partial charge is 0.372 e. The molecule has 18 heavy (non-hydrogen) atoms. The molecule has 0 aromatic heterocycles. The summed E-state index contributed by atoms with van der Waals surface area (Å²) in [5.74, 6) is 0. The fraction of sp³-hybridized carbons (Fsp3) is 0.750. The molecule has 0 saturated heterocycles. The SMILES string of the molecule is CC(C)(C)[C-]=C1CCCCC1=[C-]C(C)(C)C.[Li+].[Li+]. The molecule has 0 amide bonds. The molecule has 0 radical (unpaired) electrons. The first-order chi connectivity index (χ1) is 7.17. The first kappa shape index (κ1) is 21.0. The molecule has 0 N–H and O–H groups in total. The Morgan fingerprint density at radius 3 is 1.17 bits per heavy atom. The molecule has 1 saturated carbocycles. The molecular weight excluding hydrogens is 206 g/mol. The quantitative estimate of drug-likeness (QED) is 0.376. The Kier molecular flexibility index (Phi) is 9.41. The minimum absolute atomic E-state index is 0. The zero-order valence-corrected chi connectivity index (χ0v) is 13.8. The molecule has 1 aliphatic rings. The van der Waals surface area contributed by atoms with Crippen LogP contribution in [0.1, 0.15) is 67.2 Å². The summed E-state index contributed by atoms with van der Waals surface area (Å²) in [5.41, 5.74) is 3.18. The van der Waals surface area contributed by atoms with Crippen LogP contribution in [0.25, 0.3) is 0 Å². The first-order valence-electron chi connectivity index (χ1n) is 6.46. The van der Waals surface area contributed by atoms with Gasteiger partial charge in [-0.25, -0.2) is 0 Å². The van der Waals surface area contributed by atoms with E-state index in [0.717, 1.165) is 0 Å². The monoisotopic (exact) mass is 232 g/mol. The van der Waals surface area contributed by atoms with Gasteiger partial charge in [0.25, 0.3) is 0 Å². The van der Waals surface area contributed by atoms with Gasteiger partial charge in [0.05, 0.1) is 0 Å². The number of allylic oxidation sites excluding steroid dienone is 4. The van der Waals surface area contributed by atoms with E-state index >= 15 is 0 Å². The van der Waals surface area contributed by atoms with E-state index in [4.69, 9.17) is 0 Å². The average Bonchev–Trinajstić information content (AvgIpc) is 2.03. The summed E-state index contributed by atoms with van der Waals surface area (Å²) in [7, 11) is 0. The third-order valence-corrected chi connectivity index (χ3v) is 2.52. The molecule has 0 aromatic rings.